The summed E-state index contributed by atoms with van der Waals surface area (Å²) in [5.74, 6) is -0.132. The standard InChI is InChI=1S/C20H13NO3S3/c22-20-16-10-5-4-9-15(16)17(21-27(23,24)19-11-6-12-25-19)13-18(20)26-14-7-2-1-3-8-14/h1-13H. The third-order valence-electron chi connectivity index (χ3n) is 3.88. The van der Waals surface area contributed by atoms with E-state index in [4.69, 9.17) is 0 Å². The first-order valence-electron chi connectivity index (χ1n) is 8.02. The van der Waals surface area contributed by atoms with E-state index in [2.05, 4.69) is 4.40 Å². The van der Waals surface area contributed by atoms with Crippen LogP contribution < -0.4 is 0 Å². The van der Waals surface area contributed by atoms with Crippen LogP contribution in [0.5, 0.6) is 0 Å². The zero-order valence-corrected chi connectivity index (χ0v) is 16.4. The fourth-order valence-corrected chi connectivity index (χ4v) is 5.54. The minimum Gasteiger partial charge on any atom is -0.288 e. The molecule has 1 aromatic heterocycles. The van der Waals surface area contributed by atoms with E-state index in [1.165, 1.54) is 17.8 Å². The van der Waals surface area contributed by atoms with E-state index in [-0.39, 0.29) is 15.7 Å². The Hall–Kier alpha value is -2.48. The number of carbonyl (C=O) groups excluding carboxylic acids is 1. The van der Waals surface area contributed by atoms with E-state index in [0.29, 0.717) is 16.0 Å². The molecule has 3 aromatic rings. The third-order valence-corrected chi connectivity index (χ3v) is 7.57. The normalized spacial score (nSPS) is 15.5. The molecule has 0 unspecified atom stereocenters. The summed E-state index contributed by atoms with van der Waals surface area (Å²) in [6.07, 6.45) is 1.56. The highest BCUT2D eigenvalue weighted by molar-refractivity contribution is 8.04. The summed E-state index contributed by atoms with van der Waals surface area (Å²) in [5, 5.41) is 1.69. The minimum absolute atomic E-state index is 0.132. The lowest BCUT2D eigenvalue weighted by Crippen LogP contribution is -2.17. The molecular weight excluding hydrogens is 398 g/mol. The number of ketones is 1. The number of nitrogens with zero attached hydrogens (tertiary/aromatic N) is 1. The van der Waals surface area contributed by atoms with E-state index in [9.17, 15) is 13.2 Å². The van der Waals surface area contributed by atoms with Gasteiger partial charge in [-0.15, -0.1) is 11.3 Å². The number of Topliss-reactive ketones (excluding diaryl/α,β-unsaturated/α-hetero) is 1. The fraction of sp³-hybridized carbons (Fsp3) is 0. The monoisotopic (exact) mass is 411 g/mol. The van der Waals surface area contributed by atoms with Gasteiger partial charge in [0.2, 0.25) is 0 Å². The molecule has 0 atom stereocenters. The Kier molecular flexibility index (Phi) is 4.82. The summed E-state index contributed by atoms with van der Waals surface area (Å²) in [7, 11) is -3.83. The maximum atomic E-state index is 12.9. The van der Waals surface area contributed by atoms with Crippen molar-refractivity contribution >= 4 is 44.6 Å². The van der Waals surface area contributed by atoms with Gasteiger partial charge in [-0.1, -0.05) is 60.3 Å². The third kappa shape index (κ3) is 3.66. The van der Waals surface area contributed by atoms with Crippen molar-refractivity contribution < 1.29 is 13.2 Å². The second-order valence-electron chi connectivity index (χ2n) is 5.68. The van der Waals surface area contributed by atoms with Crippen molar-refractivity contribution in [3.8, 4) is 0 Å². The van der Waals surface area contributed by atoms with Crippen LogP contribution in [0.3, 0.4) is 0 Å². The largest absolute Gasteiger partial charge is 0.292 e. The molecule has 27 heavy (non-hydrogen) atoms. The van der Waals surface area contributed by atoms with Crippen LogP contribution in [0.25, 0.3) is 0 Å². The second-order valence-corrected chi connectivity index (χ2v) is 9.58. The number of benzene rings is 2. The molecule has 2 aromatic carbocycles. The van der Waals surface area contributed by atoms with Crippen molar-refractivity contribution in [1.82, 2.24) is 0 Å². The van der Waals surface area contributed by atoms with Crippen LogP contribution in [0, 0.1) is 0 Å². The maximum absolute atomic E-state index is 12.9. The molecule has 134 valence electrons. The Morgan fingerprint density at radius 3 is 2.26 bits per heavy atom. The van der Waals surface area contributed by atoms with E-state index < -0.39 is 10.0 Å². The van der Waals surface area contributed by atoms with Crippen molar-refractivity contribution in [3.63, 3.8) is 0 Å². The number of thioether (sulfide) groups is 1. The van der Waals surface area contributed by atoms with Gasteiger partial charge in [-0.2, -0.15) is 12.8 Å². The molecule has 1 heterocycles. The van der Waals surface area contributed by atoms with Crippen molar-refractivity contribution in [1.29, 1.82) is 0 Å². The van der Waals surface area contributed by atoms with E-state index in [0.717, 1.165) is 16.2 Å². The molecule has 0 spiro atoms. The second kappa shape index (κ2) is 7.26. The molecule has 0 radical (unpaired) electrons. The highest BCUT2D eigenvalue weighted by atomic mass is 32.2. The van der Waals surface area contributed by atoms with E-state index in [1.54, 1.807) is 41.8 Å². The topological polar surface area (TPSA) is 63.6 Å². The fourth-order valence-electron chi connectivity index (χ4n) is 2.66. The number of sulfonamides is 1. The summed E-state index contributed by atoms with van der Waals surface area (Å²) < 4.78 is 29.5. The molecular formula is C20H13NO3S3. The Morgan fingerprint density at radius 2 is 1.56 bits per heavy atom. The lowest BCUT2D eigenvalue weighted by molar-refractivity contribution is 0.104. The van der Waals surface area contributed by atoms with Crippen molar-refractivity contribution in [3.05, 3.63) is 94.2 Å². The lowest BCUT2D eigenvalue weighted by atomic mass is 9.94. The van der Waals surface area contributed by atoms with Gasteiger partial charge < -0.3 is 0 Å². The summed E-state index contributed by atoms with van der Waals surface area (Å²) in [4.78, 5) is 14.2. The maximum Gasteiger partial charge on any atom is 0.292 e. The predicted octanol–water partition coefficient (Wildman–Crippen LogP) is 4.80. The van der Waals surface area contributed by atoms with Gasteiger partial charge in [-0.05, 0) is 29.7 Å². The quantitative estimate of drug-likeness (QED) is 0.619. The zero-order valence-electron chi connectivity index (χ0n) is 13.9. The molecule has 4 nitrogen and oxygen atoms in total. The number of fused-ring (bicyclic) bond motifs is 1. The van der Waals surface area contributed by atoms with Crippen LogP contribution in [0.15, 0.2) is 96.6 Å². The van der Waals surface area contributed by atoms with Gasteiger partial charge in [0.25, 0.3) is 10.0 Å². The lowest BCUT2D eigenvalue weighted by Gasteiger charge is -2.17. The van der Waals surface area contributed by atoms with Crippen molar-refractivity contribution in [2.75, 3.05) is 0 Å². The summed E-state index contributed by atoms with van der Waals surface area (Å²) >= 11 is 2.42. The van der Waals surface area contributed by atoms with Crippen LogP contribution in [0.2, 0.25) is 0 Å². The number of allylic oxidation sites excluding steroid dienone is 2. The number of rotatable bonds is 4. The Morgan fingerprint density at radius 1 is 0.852 bits per heavy atom. The molecule has 0 saturated heterocycles. The molecule has 0 saturated carbocycles. The van der Waals surface area contributed by atoms with E-state index >= 15 is 0 Å². The van der Waals surface area contributed by atoms with Gasteiger partial charge in [-0.25, -0.2) is 0 Å². The van der Waals surface area contributed by atoms with Gasteiger partial charge in [-0.3, -0.25) is 4.79 Å². The highest BCUT2D eigenvalue weighted by Crippen LogP contribution is 2.34. The highest BCUT2D eigenvalue weighted by Gasteiger charge is 2.26. The molecule has 7 heteroatoms. The van der Waals surface area contributed by atoms with Crippen molar-refractivity contribution in [2.24, 2.45) is 4.40 Å². The van der Waals surface area contributed by atoms with Crippen LogP contribution in [-0.4, -0.2) is 19.9 Å². The average Bonchev–Trinajstić information content (AvgIpc) is 3.22. The number of hydrogen-bond donors (Lipinski definition) is 0. The Bertz CT molecular complexity index is 1160. The Balaban J connectivity index is 1.83. The van der Waals surface area contributed by atoms with Gasteiger partial charge in [0, 0.05) is 16.0 Å². The molecule has 4 rings (SSSR count). The first kappa shape index (κ1) is 17.9. The first-order chi connectivity index (χ1) is 13.0. The summed E-state index contributed by atoms with van der Waals surface area (Å²) in [6, 6.07) is 19.6. The molecule has 0 N–H and O–H groups in total. The first-order valence-corrected chi connectivity index (χ1v) is 11.2. The SMILES string of the molecule is O=C1C(Sc2ccccc2)=CC(=NS(=O)(=O)c2cccs2)c2ccccc21. The molecule has 0 amide bonds. The van der Waals surface area contributed by atoms with Crippen LogP contribution in [0.4, 0.5) is 0 Å². The summed E-state index contributed by atoms with van der Waals surface area (Å²) in [5.41, 5.74) is 1.26. The van der Waals surface area contributed by atoms with Gasteiger partial charge in [0.1, 0.15) is 4.21 Å². The molecule has 0 bridgehead atoms. The van der Waals surface area contributed by atoms with Crippen LogP contribution in [0.1, 0.15) is 15.9 Å². The number of hydrogen-bond acceptors (Lipinski definition) is 5. The predicted molar refractivity (Wildman–Crippen MR) is 109 cm³/mol. The molecule has 0 fully saturated rings. The smallest absolute Gasteiger partial charge is 0.288 e. The molecule has 1 aliphatic carbocycles. The van der Waals surface area contributed by atoms with Crippen LogP contribution >= 0.6 is 23.1 Å². The van der Waals surface area contributed by atoms with Crippen LogP contribution in [-0.2, 0) is 10.0 Å². The van der Waals surface area contributed by atoms with Gasteiger partial charge in [0.15, 0.2) is 5.78 Å². The number of carbonyl (C=O) groups is 1. The average molecular weight is 412 g/mol. The summed E-state index contributed by atoms with van der Waals surface area (Å²) in [6.45, 7) is 0. The Labute approximate surface area is 165 Å². The molecule has 0 aliphatic heterocycles. The van der Waals surface area contributed by atoms with Gasteiger partial charge in [0.05, 0.1) is 10.6 Å². The minimum atomic E-state index is -3.83. The molecule has 1 aliphatic rings. The zero-order chi connectivity index (χ0) is 18.9. The van der Waals surface area contributed by atoms with E-state index in [1.807, 2.05) is 30.3 Å². The van der Waals surface area contributed by atoms with Crippen molar-refractivity contribution in [2.45, 2.75) is 9.10 Å². The number of thiophene rings is 1. The van der Waals surface area contributed by atoms with Gasteiger partial charge >= 0.3 is 0 Å².